The molecule has 2 saturated heterocycles. The molecule has 3 amide bonds. The standard InChI is InChI=1S/C19H26ClN5O3/c1-23-8-10-24(11-9-23)13-18(27)25-7-6-21-19(28)16(25)12-17(26)22-15-5-3-2-4-14(15)20/h2-5,16H,6-13H2,1H3,(H,21,28)(H,22,26)/t16-/m0/s1. The maximum Gasteiger partial charge on any atom is 0.243 e. The molecule has 2 aliphatic heterocycles. The highest BCUT2D eigenvalue weighted by Crippen LogP contribution is 2.21. The van der Waals surface area contributed by atoms with E-state index in [0.29, 0.717) is 23.8 Å². The van der Waals surface area contributed by atoms with Crippen LogP contribution in [0.25, 0.3) is 0 Å². The van der Waals surface area contributed by atoms with Crippen molar-refractivity contribution < 1.29 is 14.4 Å². The Morgan fingerprint density at radius 1 is 1.18 bits per heavy atom. The smallest absolute Gasteiger partial charge is 0.243 e. The van der Waals surface area contributed by atoms with E-state index in [1.165, 1.54) is 4.90 Å². The SMILES string of the molecule is CN1CCN(CC(=O)N2CCNC(=O)[C@@H]2CC(=O)Nc2ccccc2Cl)CC1. The molecule has 2 fully saturated rings. The number of hydrogen-bond donors (Lipinski definition) is 2. The fourth-order valence-corrected chi connectivity index (χ4v) is 3.63. The van der Waals surface area contributed by atoms with Crippen molar-refractivity contribution in [2.24, 2.45) is 0 Å². The number of piperazine rings is 2. The predicted molar refractivity (Wildman–Crippen MR) is 107 cm³/mol. The molecule has 1 atom stereocenters. The topological polar surface area (TPSA) is 85.0 Å². The van der Waals surface area contributed by atoms with Crippen molar-refractivity contribution in [2.75, 3.05) is 58.2 Å². The van der Waals surface area contributed by atoms with Crippen molar-refractivity contribution in [3.8, 4) is 0 Å². The number of para-hydroxylation sites is 1. The Hall–Kier alpha value is -2.16. The summed E-state index contributed by atoms with van der Waals surface area (Å²) in [5.41, 5.74) is 0.487. The highest BCUT2D eigenvalue weighted by molar-refractivity contribution is 6.33. The highest BCUT2D eigenvalue weighted by atomic mass is 35.5. The third kappa shape index (κ3) is 5.21. The lowest BCUT2D eigenvalue weighted by Crippen LogP contribution is -2.60. The molecule has 0 unspecified atom stereocenters. The molecule has 0 saturated carbocycles. The molecule has 3 rings (SSSR count). The summed E-state index contributed by atoms with van der Waals surface area (Å²) >= 11 is 6.07. The first-order valence-electron chi connectivity index (χ1n) is 9.46. The number of anilines is 1. The van der Waals surface area contributed by atoms with Crippen LogP contribution in [0.5, 0.6) is 0 Å². The van der Waals surface area contributed by atoms with Crippen LogP contribution in [0, 0.1) is 0 Å². The molecule has 9 heteroatoms. The molecule has 0 aliphatic carbocycles. The number of nitrogens with one attached hydrogen (secondary N) is 2. The molecular weight excluding hydrogens is 382 g/mol. The second-order valence-corrected chi connectivity index (χ2v) is 7.61. The van der Waals surface area contributed by atoms with Crippen molar-refractivity contribution in [3.63, 3.8) is 0 Å². The zero-order chi connectivity index (χ0) is 20.1. The summed E-state index contributed by atoms with van der Waals surface area (Å²) in [5.74, 6) is -0.769. The zero-order valence-electron chi connectivity index (χ0n) is 16.0. The van der Waals surface area contributed by atoms with Gasteiger partial charge in [-0.05, 0) is 19.2 Å². The molecular formula is C19H26ClN5O3. The highest BCUT2D eigenvalue weighted by Gasteiger charge is 2.35. The summed E-state index contributed by atoms with van der Waals surface area (Å²) in [5, 5.41) is 5.89. The van der Waals surface area contributed by atoms with Crippen LogP contribution in [0.3, 0.4) is 0 Å². The van der Waals surface area contributed by atoms with Gasteiger partial charge in [0.2, 0.25) is 17.7 Å². The number of benzene rings is 1. The van der Waals surface area contributed by atoms with Gasteiger partial charge in [-0.3, -0.25) is 19.3 Å². The van der Waals surface area contributed by atoms with Crippen LogP contribution < -0.4 is 10.6 Å². The fraction of sp³-hybridized carbons (Fsp3) is 0.526. The Morgan fingerprint density at radius 3 is 2.61 bits per heavy atom. The van der Waals surface area contributed by atoms with E-state index < -0.39 is 6.04 Å². The van der Waals surface area contributed by atoms with Gasteiger partial charge in [0.1, 0.15) is 6.04 Å². The molecule has 2 heterocycles. The Bertz CT molecular complexity index is 736. The quantitative estimate of drug-likeness (QED) is 0.730. The van der Waals surface area contributed by atoms with Crippen molar-refractivity contribution in [1.82, 2.24) is 20.0 Å². The van der Waals surface area contributed by atoms with E-state index in [9.17, 15) is 14.4 Å². The van der Waals surface area contributed by atoms with E-state index in [4.69, 9.17) is 11.6 Å². The minimum Gasteiger partial charge on any atom is -0.353 e. The van der Waals surface area contributed by atoms with Crippen molar-refractivity contribution in [2.45, 2.75) is 12.5 Å². The van der Waals surface area contributed by atoms with Gasteiger partial charge in [-0.15, -0.1) is 0 Å². The van der Waals surface area contributed by atoms with Crippen molar-refractivity contribution >= 4 is 35.0 Å². The third-order valence-corrected chi connectivity index (χ3v) is 5.46. The number of carbonyl (C=O) groups excluding carboxylic acids is 3. The Morgan fingerprint density at radius 2 is 1.89 bits per heavy atom. The molecule has 28 heavy (non-hydrogen) atoms. The Labute approximate surface area is 169 Å². The first kappa shape index (κ1) is 20.6. The zero-order valence-corrected chi connectivity index (χ0v) is 16.7. The molecule has 0 bridgehead atoms. The van der Waals surface area contributed by atoms with Crippen molar-refractivity contribution in [1.29, 1.82) is 0 Å². The lowest BCUT2D eigenvalue weighted by atomic mass is 10.1. The van der Waals surface area contributed by atoms with Gasteiger partial charge in [0.25, 0.3) is 0 Å². The van der Waals surface area contributed by atoms with Gasteiger partial charge in [0.05, 0.1) is 23.7 Å². The number of likely N-dealkylation sites (N-methyl/N-ethyl adjacent to an activating group) is 1. The van der Waals surface area contributed by atoms with Gasteiger partial charge in [-0.25, -0.2) is 0 Å². The van der Waals surface area contributed by atoms with Crippen LogP contribution in [-0.2, 0) is 14.4 Å². The third-order valence-electron chi connectivity index (χ3n) is 5.13. The van der Waals surface area contributed by atoms with Gasteiger partial charge in [0, 0.05) is 39.3 Å². The number of nitrogens with zero attached hydrogens (tertiary/aromatic N) is 3. The Kier molecular flexibility index (Phi) is 6.88. The van der Waals surface area contributed by atoms with E-state index >= 15 is 0 Å². The molecule has 2 aliphatic rings. The van der Waals surface area contributed by atoms with E-state index in [-0.39, 0.29) is 30.7 Å². The number of rotatable bonds is 5. The van der Waals surface area contributed by atoms with Crippen LogP contribution in [0.15, 0.2) is 24.3 Å². The number of halogens is 1. The first-order chi connectivity index (χ1) is 13.4. The van der Waals surface area contributed by atoms with Gasteiger partial charge in [-0.2, -0.15) is 0 Å². The normalized spacial score (nSPS) is 21.3. The maximum atomic E-state index is 12.8. The first-order valence-corrected chi connectivity index (χ1v) is 9.84. The van der Waals surface area contributed by atoms with E-state index in [2.05, 4.69) is 27.5 Å². The van der Waals surface area contributed by atoms with Crippen LogP contribution >= 0.6 is 11.6 Å². The Balaban J connectivity index is 1.61. The number of amides is 3. The van der Waals surface area contributed by atoms with E-state index in [1.54, 1.807) is 24.3 Å². The van der Waals surface area contributed by atoms with E-state index in [1.807, 2.05) is 0 Å². The number of hydrogen-bond acceptors (Lipinski definition) is 5. The lowest BCUT2D eigenvalue weighted by molar-refractivity contribution is -0.145. The molecule has 152 valence electrons. The summed E-state index contributed by atoms with van der Waals surface area (Å²) < 4.78 is 0. The number of carbonyl (C=O) groups is 3. The minimum atomic E-state index is -0.809. The largest absolute Gasteiger partial charge is 0.353 e. The van der Waals surface area contributed by atoms with Crippen LogP contribution in [-0.4, -0.2) is 91.3 Å². The van der Waals surface area contributed by atoms with Crippen molar-refractivity contribution in [3.05, 3.63) is 29.3 Å². The molecule has 2 N–H and O–H groups in total. The van der Waals surface area contributed by atoms with Gasteiger partial charge in [0.15, 0.2) is 0 Å². The average molecular weight is 408 g/mol. The second kappa shape index (κ2) is 9.36. The van der Waals surface area contributed by atoms with Crippen LogP contribution in [0.1, 0.15) is 6.42 Å². The monoisotopic (exact) mass is 407 g/mol. The van der Waals surface area contributed by atoms with Crippen LogP contribution in [0.2, 0.25) is 5.02 Å². The molecule has 1 aromatic carbocycles. The molecule has 8 nitrogen and oxygen atoms in total. The summed E-state index contributed by atoms with van der Waals surface area (Å²) in [6, 6.07) is 6.09. The molecule has 0 spiro atoms. The minimum absolute atomic E-state index is 0.106. The summed E-state index contributed by atoms with van der Waals surface area (Å²) in [7, 11) is 2.06. The van der Waals surface area contributed by atoms with Gasteiger partial charge in [-0.1, -0.05) is 23.7 Å². The van der Waals surface area contributed by atoms with E-state index in [0.717, 1.165) is 26.2 Å². The predicted octanol–water partition coefficient (Wildman–Crippen LogP) is 0.243. The second-order valence-electron chi connectivity index (χ2n) is 7.21. The van der Waals surface area contributed by atoms with Gasteiger partial charge < -0.3 is 20.4 Å². The summed E-state index contributed by atoms with van der Waals surface area (Å²) in [4.78, 5) is 43.5. The maximum absolute atomic E-state index is 12.8. The van der Waals surface area contributed by atoms with Gasteiger partial charge >= 0.3 is 0 Å². The fourth-order valence-electron chi connectivity index (χ4n) is 3.44. The molecule has 1 aromatic rings. The van der Waals surface area contributed by atoms with Crippen LogP contribution in [0.4, 0.5) is 5.69 Å². The molecule has 0 radical (unpaired) electrons. The molecule has 0 aromatic heterocycles. The summed E-state index contributed by atoms with van der Waals surface area (Å²) in [6.45, 7) is 4.54. The average Bonchev–Trinajstić information content (AvgIpc) is 2.67. The lowest BCUT2D eigenvalue weighted by Gasteiger charge is -2.37. The summed E-state index contributed by atoms with van der Waals surface area (Å²) in [6.07, 6.45) is -0.106.